The number of nitriles is 1. The molecule has 2 aromatic carbocycles. The number of nitrogens with zero attached hydrogens (tertiary/aromatic N) is 2. The normalized spacial score (nSPS) is 17.5. The van der Waals surface area contributed by atoms with E-state index in [-0.39, 0.29) is 11.1 Å². The van der Waals surface area contributed by atoms with Crippen molar-refractivity contribution in [2.45, 2.75) is 65.5 Å². The molecule has 0 spiro atoms. The topological polar surface area (TPSA) is 65.4 Å². The summed E-state index contributed by atoms with van der Waals surface area (Å²) >= 11 is 0. The van der Waals surface area contributed by atoms with Gasteiger partial charge >= 0.3 is 0 Å². The molecule has 168 valence electrons. The predicted octanol–water partition coefficient (Wildman–Crippen LogP) is 6.05. The van der Waals surface area contributed by atoms with Gasteiger partial charge in [0, 0.05) is 23.0 Å². The van der Waals surface area contributed by atoms with E-state index in [0.29, 0.717) is 23.4 Å². The van der Waals surface area contributed by atoms with Crippen LogP contribution in [0.25, 0.3) is 6.08 Å². The van der Waals surface area contributed by atoms with Crippen LogP contribution in [0, 0.1) is 18.3 Å². The SMILES string of the molecule is COc1ccc(NC(=O)/C(C#N)=C\c2cc3c(cc2C)N(C(C)C)C(C)(C)C[C@@H]3C)cc1. The van der Waals surface area contributed by atoms with Crippen LogP contribution >= 0.6 is 0 Å². The number of hydrogen-bond acceptors (Lipinski definition) is 4. The summed E-state index contributed by atoms with van der Waals surface area (Å²) in [5.41, 5.74) is 5.23. The maximum atomic E-state index is 12.8. The minimum absolute atomic E-state index is 0.0699. The van der Waals surface area contributed by atoms with Gasteiger partial charge in [-0.05, 0) is 106 Å². The molecule has 0 fully saturated rings. The molecule has 1 N–H and O–H groups in total. The molecule has 0 bridgehead atoms. The van der Waals surface area contributed by atoms with E-state index >= 15 is 0 Å². The summed E-state index contributed by atoms with van der Waals surface area (Å²) in [5.74, 6) is 0.672. The summed E-state index contributed by atoms with van der Waals surface area (Å²) in [6.45, 7) is 13.3. The van der Waals surface area contributed by atoms with Gasteiger partial charge in [0.2, 0.25) is 0 Å². The zero-order chi connectivity index (χ0) is 23.6. The van der Waals surface area contributed by atoms with Gasteiger partial charge in [-0.15, -0.1) is 0 Å². The molecule has 1 aliphatic heterocycles. The molecule has 0 saturated carbocycles. The molecule has 1 atom stereocenters. The highest BCUT2D eigenvalue weighted by Crippen LogP contribution is 2.45. The fourth-order valence-electron chi connectivity index (χ4n) is 4.92. The van der Waals surface area contributed by atoms with Crippen molar-refractivity contribution in [1.29, 1.82) is 5.26 Å². The van der Waals surface area contributed by atoms with Crippen molar-refractivity contribution in [2.75, 3.05) is 17.3 Å². The average molecular weight is 432 g/mol. The maximum Gasteiger partial charge on any atom is 0.266 e. The van der Waals surface area contributed by atoms with E-state index in [1.807, 2.05) is 6.92 Å². The van der Waals surface area contributed by atoms with Crippen molar-refractivity contribution < 1.29 is 9.53 Å². The van der Waals surface area contributed by atoms with Gasteiger partial charge in [-0.1, -0.05) is 6.92 Å². The van der Waals surface area contributed by atoms with Gasteiger partial charge in [0.1, 0.15) is 17.4 Å². The highest BCUT2D eigenvalue weighted by Gasteiger charge is 2.37. The van der Waals surface area contributed by atoms with E-state index in [1.54, 1.807) is 37.5 Å². The van der Waals surface area contributed by atoms with Crippen LogP contribution in [0.5, 0.6) is 5.75 Å². The molecule has 3 rings (SSSR count). The summed E-state index contributed by atoms with van der Waals surface area (Å²) in [5, 5.41) is 12.5. The average Bonchev–Trinajstić information content (AvgIpc) is 2.72. The third-order valence-corrected chi connectivity index (χ3v) is 6.19. The fraction of sp³-hybridized carbons (Fsp3) is 0.407. The monoisotopic (exact) mass is 431 g/mol. The molecule has 0 saturated heterocycles. The Balaban J connectivity index is 1.95. The smallest absolute Gasteiger partial charge is 0.266 e. The van der Waals surface area contributed by atoms with Gasteiger partial charge in [0.15, 0.2) is 0 Å². The zero-order valence-electron chi connectivity index (χ0n) is 20.1. The minimum atomic E-state index is -0.423. The largest absolute Gasteiger partial charge is 0.497 e. The van der Waals surface area contributed by atoms with Crippen molar-refractivity contribution >= 4 is 23.4 Å². The number of anilines is 2. The third-order valence-electron chi connectivity index (χ3n) is 6.19. The number of carbonyl (C=O) groups excluding carboxylic acids is 1. The van der Waals surface area contributed by atoms with E-state index in [2.05, 4.69) is 63.0 Å². The zero-order valence-corrected chi connectivity index (χ0v) is 20.1. The summed E-state index contributed by atoms with van der Waals surface area (Å²) < 4.78 is 5.14. The summed E-state index contributed by atoms with van der Waals surface area (Å²) in [6, 6.07) is 13.8. The van der Waals surface area contributed by atoms with Crippen molar-refractivity contribution in [1.82, 2.24) is 0 Å². The summed E-state index contributed by atoms with van der Waals surface area (Å²) in [4.78, 5) is 15.2. The third kappa shape index (κ3) is 4.65. The Kier molecular flexibility index (Phi) is 6.64. The standard InChI is InChI=1S/C27H33N3O2/c1-17(2)30-25-12-18(3)20(14-24(25)19(4)15-27(30,5)6)13-21(16-28)26(31)29-22-8-10-23(32-7)11-9-22/h8-14,17,19H,15H2,1-7H3,(H,29,31)/b21-13-/t19-/m0/s1. The highest BCUT2D eigenvalue weighted by molar-refractivity contribution is 6.09. The molecule has 5 nitrogen and oxygen atoms in total. The van der Waals surface area contributed by atoms with Crippen molar-refractivity contribution in [3.05, 3.63) is 58.7 Å². The van der Waals surface area contributed by atoms with Crippen LogP contribution in [-0.2, 0) is 4.79 Å². The van der Waals surface area contributed by atoms with Crippen LogP contribution in [-0.4, -0.2) is 24.6 Å². The molecule has 1 aliphatic rings. The second-order valence-electron chi connectivity index (χ2n) is 9.50. The van der Waals surface area contributed by atoms with Crippen molar-refractivity contribution in [3.63, 3.8) is 0 Å². The lowest BCUT2D eigenvalue weighted by molar-refractivity contribution is -0.112. The lowest BCUT2D eigenvalue weighted by Crippen LogP contribution is -2.51. The summed E-state index contributed by atoms with van der Waals surface area (Å²) in [6.07, 6.45) is 2.74. The van der Waals surface area contributed by atoms with Crippen LogP contribution in [0.1, 0.15) is 63.6 Å². The number of carbonyl (C=O) groups is 1. The molecular formula is C27H33N3O2. The number of aryl methyl sites for hydroxylation is 1. The molecule has 0 aromatic heterocycles. The fourth-order valence-corrected chi connectivity index (χ4v) is 4.92. The van der Waals surface area contributed by atoms with E-state index in [0.717, 1.165) is 17.5 Å². The van der Waals surface area contributed by atoms with Gasteiger partial charge in [-0.25, -0.2) is 0 Å². The van der Waals surface area contributed by atoms with Gasteiger partial charge in [-0.3, -0.25) is 4.79 Å². The maximum absolute atomic E-state index is 12.8. The van der Waals surface area contributed by atoms with Gasteiger partial charge < -0.3 is 15.0 Å². The van der Waals surface area contributed by atoms with E-state index < -0.39 is 5.91 Å². The van der Waals surface area contributed by atoms with Crippen LogP contribution in [0.3, 0.4) is 0 Å². The number of amides is 1. The predicted molar refractivity (Wildman–Crippen MR) is 131 cm³/mol. The second kappa shape index (κ2) is 9.08. The first kappa shape index (κ1) is 23.4. The Hall–Kier alpha value is -3.26. The van der Waals surface area contributed by atoms with Gasteiger partial charge in [-0.2, -0.15) is 5.26 Å². The molecule has 2 aromatic rings. The Morgan fingerprint density at radius 3 is 2.50 bits per heavy atom. The van der Waals surface area contributed by atoms with Crippen LogP contribution in [0.15, 0.2) is 42.0 Å². The first-order valence-electron chi connectivity index (χ1n) is 11.1. The van der Waals surface area contributed by atoms with Crippen LogP contribution in [0.2, 0.25) is 0 Å². The molecule has 32 heavy (non-hydrogen) atoms. The lowest BCUT2D eigenvalue weighted by atomic mass is 9.78. The first-order chi connectivity index (χ1) is 15.1. The Morgan fingerprint density at radius 1 is 1.28 bits per heavy atom. The molecule has 0 aliphatic carbocycles. The number of benzene rings is 2. The van der Waals surface area contributed by atoms with E-state index in [1.165, 1.54) is 11.3 Å². The number of methoxy groups -OCH3 is 1. The highest BCUT2D eigenvalue weighted by atomic mass is 16.5. The number of ether oxygens (including phenoxy) is 1. The Labute approximate surface area is 191 Å². The number of hydrogen-bond donors (Lipinski definition) is 1. The quantitative estimate of drug-likeness (QED) is 0.462. The second-order valence-corrected chi connectivity index (χ2v) is 9.50. The number of rotatable bonds is 5. The van der Waals surface area contributed by atoms with E-state index in [4.69, 9.17) is 4.74 Å². The summed E-state index contributed by atoms with van der Waals surface area (Å²) in [7, 11) is 1.59. The van der Waals surface area contributed by atoms with Gasteiger partial charge in [0.25, 0.3) is 5.91 Å². The number of fused-ring (bicyclic) bond motifs is 1. The number of nitrogens with one attached hydrogen (secondary N) is 1. The van der Waals surface area contributed by atoms with Gasteiger partial charge in [0.05, 0.1) is 7.11 Å². The minimum Gasteiger partial charge on any atom is -0.497 e. The molecular weight excluding hydrogens is 398 g/mol. The first-order valence-corrected chi connectivity index (χ1v) is 11.1. The van der Waals surface area contributed by atoms with E-state index in [9.17, 15) is 10.1 Å². The Bertz CT molecular complexity index is 1080. The van der Waals surface area contributed by atoms with Crippen molar-refractivity contribution in [3.8, 4) is 11.8 Å². The van der Waals surface area contributed by atoms with Crippen molar-refractivity contribution in [2.24, 2.45) is 0 Å². The molecule has 1 amide bonds. The van der Waals surface area contributed by atoms with Crippen LogP contribution in [0.4, 0.5) is 11.4 Å². The lowest BCUT2D eigenvalue weighted by Gasteiger charge is -2.50. The molecule has 5 heteroatoms. The molecule has 1 heterocycles. The Morgan fingerprint density at radius 2 is 1.94 bits per heavy atom. The molecule has 0 unspecified atom stereocenters. The molecule has 0 radical (unpaired) electrons. The van der Waals surface area contributed by atoms with Crippen LogP contribution < -0.4 is 15.0 Å².